The highest BCUT2D eigenvalue weighted by Gasteiger charge is 2.18. The number of nitrogens with zero attached hydrogens (tertiary/aromatic N) is 2. The lowest BCUT2D eigenvalue weighted by Gasteiger charge is -1.92. The molecule has 1 atom stereocenters. The second-order valence-electron chi connectivity index (χ2n) is 4.69. The van der Waals surface area contributed by atoms with E-state index in [2.05, 4.69) is 16.2 Å². The summed E-state index contributed by atoms with van der Waals surface area (Å²) in [5.74, 6) is 1.17. The average Bonchev–Trinajstić information content (AvgIpc) is 2.92. The van der Waals surface area contributed by atoms with Gasteiger partial charge in [-0.15, -0.1) is 22.9 Å². The molecule has 1 aliphatic carbocycles. The number of aryl methyl sites for hydroxylation is 2. The van der Waals surface area contributed by atoms with Crippen LogP contribution in [0.3, 0.4) is 0 Å². The average molecular weight is 283 g/mol. The van der Waals surface area contributed by atoms with Crippen LogP contribution in [0.5, 0.6) is 0 Å². The maximum Gasteiger partial charge on any atom is 0.268 e. The van der Waals surface area contributed by atoms with Gasteiger partial charge < -0.3 is 4.52 Å². The number of alkyl halides is 1. The fraction of sp³-hybridized carbons (Fsp3) is 0.538. The van der Waals surface area contributed by atoms with Crippen molar-refractivity contribution in [2.24, 2.45) is 0 Å². The van der Waals surface area contributed by atoms with E-state index in [1.807, 2.05) is 6.92 Å². The van der Waals surface area contributed by atoms with Crippen molar-refractivity contribution in [2.45, 2.75) is 44.4 Å². The van der Waals surface area contributed by atoms with Gasteiger partial charge in [0.15, 0.2) is 5.82 Å². The lowest BCUT2D eigenvalue weighted by Crippen LogP contribution is -1.86. The highest BCUT2D eigenvalue weighted by molar-refractivity contribution is 7.15. The van der Waals surface area contributed by atoms with Gasteiger partial charge in [-0.3, -0.25) is 0 Å². The maximum absolute atomic E-state index is 5.94. The summed E-state index contributed by atoms with van der Waals surface area (Å²) in [6.45, 7) is 1.85. The Labute approximate surface area is 115 Å². The predicted molar refractivity (Wildman–Crippen MR) is 73.1 cm³/mol. The maximum atomic E-state index is 5.94. The summed E-state index contributed by atoms with van der Waals surface area (Å²) in [7, 11) is 0. The Morgan fingerprint density at radius 1 is 1.33 bits per heavy atom. The molecule has 3 nitrogen and oxygen atoms in total. The summed E-state index contributed by atoms with van der Waals surface area (Å²) in [5, 5.41) is 3.70. The first-order chi connectivity index (χ1) is 8.74. The minimum absolute atomic E-state index is 0.208. The van der Waals surface area contributed by atoms with Crippen LogP contribution in [-0.2, 0) is 12.8 Å². The molecule has 3 rings (SSSR count). The van der Waals surface area contributed by atoms with E-state index < -0.39 is 0 Å². The van der Waals surface area contributed by atoms with Crippen LogP contribution in [0.1, 0.15) is 47.8 Å². The van der Waals surface area contributed by atoms with Crippen molar-refractivity contribution >= 4 is 22.9 Å². The third kappa shape index (κ3) is 2.31. The van der Waals surface area contributed by atoms with Gasteiger partial charge >= 0.3 is 0 Å². The van der Waals surface area contributed by atoms with E-state index in [-0.39, 0.29) is 5.38 Å². The van der Waals surface area contributed by atoms with E-state index in [9.17, 15) is 0 Å². The largest absolute Gasteiger partial charge is 0.333 e. The molecule has 96 valence electrons. The van der Waals surface area contributed by atoms with Crippen LogP contribution in [0.2, 0.25) is 0 Å². The molecule has 0 radical (unpaired) electrons. The molecule has 2 aromatic heterocycles. The molecule has 0 bridgehead atoms. The molecule has 0 aliphatic heterocycles. The highest BCUT2D eigenvalue weighted by Crippen LogP contribution is 2.34. The third-order valence-electron chi connectivity index (χ3n) is 3.25. The molecule has 1 unspecified atom stereocenters. The number of thiophene rings is 1. The molecule has 0 aromatic carbocycles. The zero-order chi connectivity index (χ0) is 12.5. The highest BCUT2D eigenvalue weighted by atomic mass is 35.5. The number of hydrogen-bond acceptors (Lipinski definition) is 4. The molecule has 0 saturated carbocycles. The molecule has 0 N–H and O–H groups in total. The van der Waals surface area contributed by atoms with Crippen LogP contribution in [0, 0.1) is 0 Å². The quantitative estimate of drug-likeness (QED) is 0.606. The van der Waals surface area contributed by atoms with Gasteiger partial charge in [0.05, 0.1) is 10.3 Å². The summed E-state index contributed by atoms with van der Waals surface area (Å²) in [4.78, 5) is 6.92. The topological polar surface area (TPSA) is 38.9 Å². The van der Waals surface area contributed by atoms with Gasteiger partial charge in [-0.2, -0.15) is 4.98 Å². The number of rotatable bonds is 2. The number of hydrogen-bond donors (Lipinski definition) is 0. The van der Waals surface area contributed by atoms with E-state index in [1.54, 1.807) is 11.3 Å². The van der Waals surface area contributed by atoms with Crippen molar-refractivity contribution in [1.82, 2.24) is 10.1 Å². The molecule has 1 aliphatic rings. The van der Waals surface area contributed by atoms with E-state index in [0.717, 1.165) is 4.88 Å². The van der Waals surface area contributed by atoms with Crippen LogP contribution in [0.4, 0.5) is 0 Å². The molecule has 0 spiro atoms. The molecule has 0 amide bonds. The lowest BCUT2D eigenvalue weighted by atomic mass is 10.1. The normalized spacial score (nSPS) is 17.2. The van der Waals surface area contributed by atoms with Crippen molar-refractivity contribution in [2.75, 3.05) is 0 Å². The van der Waals surface area contributed by atoms with Gasteiger partial charge in [-0.05, 0) is 44.2 Å². The molecular formula is C13H15ClN2OS. The van der Waals surface area contributed by atoms with Crippen molar-refractivity contribution in [3.63, 3.8) is 0 Å². The van der Waals surface area contributed by atoms with E-state index in [0.29, 0.717) is 11.7 Å². The minimum Gasteiger partial charge on any atom is -0.333 e. The van der Waals surface area contributed by atoms with Gasteiger partial charge in [0, 0.05) is 4.88 Å². The Bertz CT molecular complexity index is 523. The van der Waals surface area contributed by atoms with Gasteiger partial charge in [-0.1, -0.05) is 11.6 Å². The monoisotopic (exact) mass is 282 g/mol. The van der Waals surface area contributed by atoms with Crippen molar-refractivity contribution in [1.29, 1.82) is 0 Å². The van der Waals surface area contributed by atoms with Gasteiger partial charge in [0.2, 0.25) is 0 Å². The van der Waals surface area contributed by atoms with Crippen LogP contribution in [-0.4, -0.2) is 10.1 Å². The van der Waals surface area contributed by atoms with Crippen LogP contribution >= 0.6 is 22.9 Å². The standard InChI is InChI=1S/C13H15ClN2OS/c1-8(14)12-15-13(17-16-12)11-7-9-5-3-2-4-6-10(9)18-11/h7-8H,2-6H2,1H3. The van der Waals surface area contributed by atoms with Crippen molar-refractivity contribution in [3.05, 3.63) is 22.3 Å². The molecule has 2 heterocycles. The number of fused-ring (bicyclic) bond motifs is 1. The summed E-state index contributed by atoms with van der Waals surface area (Å²) in [6, 6.07) is 2.21. The molecule has 2 aromatic rings. The molecule has 18 heavy (non-hydrogen) atoms. The van der Waals surface area contributed by atoms with Gasteiger partial charge in [0.1, 0.15) is 0 Å². The smallest absolute Gasteiger partial charge is 0.268 e. The Kier molecular flexibility index (Phi) is 3.39. The van der Waals surface area contributed by atoms with Crippen molar-refractivity contribution in [3.8, 4) is 10.8 Å². The van der Waals surface area contributed by atoms with Crippen LogP contribution < -0.4 is 0 Å². The second-order valence-corrected chi connectivity index (χ2v) is 6.48. The molecule has 0 saturated heterocycles. The first-order valence-electron chi connectivity index (χ1n) is 6.33. The van der Waals surface area contributed by atoms with Crippen molar-refractivity contribution < 1.29 is 4.52 Å². The zero-order valence-electron chi connectivity index (χ0n) is 10.3. The number of halogens is 1. The second kappa shape index (κ2) is 5.02. The van der Waals surface area contributed by atoms with E-state index in [1.165, 1.54) is 42.5 Å². The summed E-state index contributed by atoms with van der Waals surface area (Å²) >= 11 is 7.73. The first kappa shape index (κ1) is 12.2. The first-order valence-corrected chi connectivity index (χ1v) is 7.59. The Balaban J connectivity index is 1.92. The molecule has 5 heteroatoms. The van der Waals surface area contributed by atoms with E-state index in [4.69, 9.17) is 16.1 Å². The van der Waals surface area contributed by atoms with Crippen LogP contribution in [0.15, 0.2) is 10.6 Å². The summed E-state index contributed by atoms with van der Waals surface area (Å²) in [6.07, 6.45) is 6.29. The minimum atomic E-state index is -0.208. The molecular weight excluding hydrogens is 268 g/mol. The van der Waals surface area contributed by atoms with Gasteiger partial charge in [-0.25, -0.2) is 0 Å². The summed E-state index contributed by atoms with van der Waals surface area (Å²) < 4.78 is 5.29. The SMILES string of the molecule is CC(Cl)c1noc(-c2cc3c(s2)CCCCC3)n1. The third-order valence-corrected chi connectivity index (χ3v) is 4.68. The Morgan fingerprint density at radius 3 is 2.94 bits per heavy atom. The fourth-order valence-corrected chi connectivity index (χ4v) is 3.53. The molecule has 0 fully saturated rings. The zero-order valence-corrected chi connectivity index (χ0v) is 11.9. The number of aromatic nitrogens is 2. The predicted octanol–water partition coefficient (Wildman–Crippen LogP) is 4.37. The Morgan fingerprint density at radius 2 is 2.17 bits per heavy atom. The fourth-order valence-electron chi connectivity index (χ4n) is 2.27. The van der Waals surface area contributed by atoms with Crippen LogP contribution in [0.25, 0.3) is 10.8 Å². The Hall–Kier alpha value is -0.870. The van der Waals surface area contributed by atoms with E-state index >= 15 is 0 Å². The summed E-state index contributed by atoms with van der Waals surface area (Å²) in [5.41, 5.74) is 1.46. The lowest BCUT2D eigenvalue weighted by molar-refractivity contribution is 0.423. The van der Waals surface area contributed by atoms with Gasteiger partial charge in [0.25, 0.3) is 5.89 Å².